The number of pyridine rings is 1. The van der Waals surface area contributed by atoms with E-state index in [1.807, 2.05) is 0 Å². The first-order valence-corrected chi connectivity index (χ1v) is 8.42. The number of β-amino-alcohol motifs (C(OH)–C–C–N with tert-alkyl or cyclic N) is 1. The maximum atomic E-state index is 13.6. The largest absolute Gasteiger partial charge is 0.472 e. The minimum Gasteiger partial charge on any atom is -0.472 e. The number of likely N-dealkylation sites (tertiary alicyclic amines) is 1. The molecule has 0 saturated carbocycles. The quantitative estimate of drug-likeness (QED) is 0.716. The zero-order valence-corrected chi connectivity index (χ0v) is 14.5. The summed E-state index contributed by atoms with van der Waals surface area (Å²) in [6, 6.07) is 2.46. The first-order valence-electron chi connectivity index (χ1n) is 8.04. The summed E-state index contributed by atoms with van der Waals surface area (Å²) >= 11 is 6.22. The van der Waals surface area contributed by atoms with Crippen molar-refractivity contribution in [2.75, 3.05) is 13.1 Å². The zero-order chi connectivity index (χ0) is 19.3. The number of aliphatic hydroxyl groups excluding tert-OH is 1. The highest BCUT2D eigenvalue weighted by Gasteiger charge is 2.37. The van der Waals surface area contributed by atoms with Gasteiger partial charge >= 0.3 is 6.18 Å². The summed E-state index contributed by atoms with van der Waals surface area (Å²) < 4.78 is 46.7. The van der Waals surface area contributed by atoms with E-state index in [1.54, 1.807) is 0 Å². The molecule has 6 nitrogen and oxygen atoms in total. The Morgan fingerprint density at radius 3 is 2.74 bits per heavy atom. The molecule has 0 spiro atoms. The minimum atomic E-state index is -4.69. The van der Waals surface area contributed by atoms with Crippen LogP contribution < -0.4 is 0 Å². The van der Waals surface area contributed by atoms with Crippen LogP contribution in [0, 0.1) is 0 Å². The van der Waals surface area contributed by atoms with Crippen LogP contribution in [-0.4, -0.2) is 44.5 Å². The average Bonchev–Trinajstić information content (AvgIpc) is 3.33. The Bertz CT molecular complexity index is 1010. The SMILES string of the molecule is O=C(c1nc2c(C(F)(F)F)cc(-c3ccoc3)cn2c1Cl)N1CC[C@@H](O)C1. The van der Waals surface area contributed by atoms with E-state index in [4.69, 9.17) is 16.0 Å². The van der Waals surface area contributed by atoms with E-state index < -0.39 is 29.4 Å². The standard InChI is InChI=1S/C17H13ClF3N3O3/c18-14-13(16(26)23-3-1-11(25)7-23)22-15-12(17(19,20)21)5-10(6-24(14)15)9-2-4-27-8-9/h2,4-6,8,11,25H,1,3,7H2/t11-/m1/s1. The number of halogens is 4. The molecular formula is C17H13ClF3N3O3. The Labute approximate surface area is 155 Å². The molecule has 1 aliphatic rings. The number of imidazole rings is 1. The van der Waals surface area contributed by atoms with Gasteiger partial charge in [-0.1, -0.05) is 11.6 Å². The second kappa shape index (κ2) is 6.28. The van der Waals surface area contributed by atoms with Crippen LogP contribution in [0.4, 0.5) is 13.2 Å². The predicted octanol–water partition coefficient (Wildman–Crippen LogP) is 3.47. The van der Waals surface area contributed by atoms with Gasteiger partial charge in [-0.25, -0.2) is 4.98 Å². The molecule has 4 rings (SSSR count). The van der Waals surface area contributed by atoms with E-state index in [9.17, 15) is 23.1 Å². The fourth-order valence-electron chi connectivity index (χ4n) is 3.12. The van der Waals surface area contributed by atoms with Gasteiger partial charge in [-0.15, -0.1) is 0 Å². The van der Waals surface area contributed by atoms with Crippen LogP contribution in [-0.2, 0) is 6.18 Å². The van der Waals surface area contributed by atoms with Crippen molar-refractivity contribution < 1.29 is 27.5 Å². The molecule has 1 amide bonds. The number of rotatable bonds is 2. The number of hydrogen-bond donors (Lipinski definition) is 1. The maximum Gasteiger partial charge on any atom is 0.420 e. The fraction of sp³-hybridized carbons (Fsp3) is 0.294. The van der Waals surface area contributed by atoms with E-state index in [0.29, 0.717) is 12.0 Å². The van der Waals surface area contributed by atoms with Gasteiger partial charge in [0.2, 0.25) is 0 Å². The van der Waals surface area contributed by atoms with E-state index in [1.165, 1.54) is 29.7 Å². The number of carbonyl (C=O) groups excluding carboxylic acids is 1. The van der Waals surface area contributed by atoms with E-state index in [-0.39, 0.29) is 29.5 Å². The molecule has 27 heavy (non-hydrogen) atoms. The van der Waals surface area contributed by atoms with Gasteiger partial charge in [-0.2, -0.15) is 13.2 Å². The first-order chi connectivity index (χ1) is 12.8. The monoisotopic (exact) mass is 399 g/mol. The molecule has 0 unspecified atom stereocenters. The summed E-state index contributed by atoms with van der Waals surface area (Å²) in [7, 11) is 0. The molecule has 10 heteroatoms. The number of aliphatic hydroxyl groups is 1. The van der Waals surface area contributed by atoms with Crippen LogP contribution in [0.1, 0.15) is 22.5 Å². The summed E-state index contributed by atoms with van der Waals surface area (Å²) in [5.74, 6) is -0.613. The van der Waals surface area contributed by atoms with Gasteiger partial charge in [0.15, 0.2) is 11.3 Å². The second-order valence-corrected chi connectivity index (χ2v) is 6.65. The Balaban J connectivity index is 1.89. The molecule has 3 aromatic rings. The van der Waals surface area contributed by atoms with E-state index >= 15 is 0 Å². The number of aromatic nitrogens is 2. The number of nitrogens with zero attached hydrogens (tertiary/aromatic N) is 3. The highest BCUT2D eigenvalue weighted by Crippen LogP contribution is 2.37. The van der Waals surface area contributed by atoms with Crippen LogP contribution >= 0.6 is 11.6 Å². The van der Waals surface area contributed by atoms with Crippen LogP contribution in [0.25, 0.3) is 16.8 Å². The average molecular weight is 400 g/mol. The molecule has 1 saturated heterocycles. The zero-order valence-electron chi connectivity index (χ0n) is 13.7. The molecule has 0 aliphatic carbocycles. The van der Waals surface area contributed by atoms with E-state index in [2.05, 4.69) is 4.98 Å². The third-order valence-corrected chi connectivity index (χ3v) is 4.84. The van der Waals surface area contributed by atoms with Crippen molar-refractivity contribution in [1.82, 2.24) is 14.3 Å². The fourth-order valence-corrected chi connectivity index (χ4v) is 3.38. The Morgan fingerprint density at radius 2 is 2.15 bits per heavy atom. The number of alkyl halides is 3. The second-order valence-electron chi connectivity index (χ2n) is 6.29. The normalized spacial score (nSPS) is 17.8. The minimum absolute atomic E-state index is 0.0927. The first kappa shape index (κ1) is 17.9. The molecule has 1 N–H and O–H groups in total. The van der Waals surface area contributed by atoms with Crippen LogP contribution in [0.5, 0.6) is 0 Å². The Morgan fingerprint density at radius 1 is 1.37 bits per heavy atom. The molecule has 0 aromatic carbocycles. The third-order valence-electron chi connectivity index (χ3n) is 4.47. The smallest absolute Gasteiger partial charge is 0.420 e. The summed E-state index contributed by atoms with van der Waals surface area (Å²) in [5, 5.41) is 9.37. The molecular weight excluding hydrogens is 387 g/mol. The van der Waals surface area contributed by atoms with Crippen molar-refractivity contribution in [1.29, 1.82) is 0 Å². The van der Waals surface area contributed by atoms with Crippen molar-refractivity contribution in [2.45, 2.75) is 18.7 Å². The Kier molecular flexibility index (Phi) is 4.15. The molecule has 0 radical (unpaired) electrons. The lowest BCUT2D eigenvalue weighted by Gasteiger charge is -2.13. The summed E-state index contributed by atoms with van der Waals surface area (Å²) in [5.41, 5.74) is -1.09. The van der Waals surface area contributed by atoms with Gasteiger partial charge in [0.05, 0.1) is 24.2 Å². The number of fused-ring (bicyclic) bond motifs is 1. The van der Waals surface area contributed by atoms with Gasteiger partial charge in [-0.05, 0) is 18.6 Å². The highest BCUT2D eigenvalue weighted by molar-refractivity contribution is 6.33. The molecule has 3 aromatic heterocycles. The van der Waals surface area contributed by atoms with Crippen LogP contribution in [0.2, 0.25) is 5.15 Å². The molecule has 0 bridgehead atoms. The molecule has 142 valence electrons. The topological polar surface area (TPSA) is 71.0 Å². The van der Waals surface area contributed by atoms with Gasteiger partial charge in [0.1, 0.15) is 5.15 Å². The number of hydrogen-bond acceptors (Lipinski definition) is 4. The highest BCUT2D eigenvalue weighted by atomic mass is 35.5. The van der Waals surface area contributed by atoms with Gasteiger partial charge in [-0.3, -0.25) is 9.20 Å². The van der Waals surface area contributed by atoms with Gasteiger partial charge in [0, 0.05) is 30.4 Å². The van der Waals surface area contributed by atoms with Crippen molar-refractivity contribution >= 4 is 23.2 Å². The lowest BCUT2D eigenvalue weighted by molar-refractivity contribution is -0.136. The summed E-state index contributed by atoms with van der Waals surface area (Å²) in [6.45, 7) is 0.381. The molecule has 1 aliphatic heterocycles. The molecule has 1 atom stereocenters. The van der Waals surface area contributed by atoms with Gasteiger partial charge in [0.25, 0.3) is 5.91 Å². The van der Waals surface area contributed by atoms with Crippen molar-refractivity contribution in [3.05, 3.63) is 47.3 Å². The number of carbonyl (C=O) groups is 1. The lowest BCUT2D eigenvalue weighted by Crippen LogP contribution is -2.30. The van der Waals surface area contributed by atoms with Crippen LogP contribution in [0.3, 0.4) is 0 Å². The molecule has 4 heterocycles. The maximum absolute atomic E-state index is 13.6. The van der Waals surface area contributed by atoms with Crippen LogP contribution in [0.15, 0.2) is 35.3 Å². The lowest BCUT2D eigenvalue weighted by atomic mass is 10.1. The number of amides is 1. The van der Waals surface area contributed by atoms with Crippen molar-refractivity contribution in [3.8, 4) is 11.1 Å². The summed E-state index contributed by atoms with van der Waals surface area (Å²) in [6.07, 6.45) is -0.932. The van der Waals surface area contributed by atoms with Crippen molar-refractivity contribution in [3.63, 3.8) is 0 Å². The predicted molar refractivity (Wildman–Crippen MR) is 89.4 cm³/mol. The van der Waals surface area contributed by atoms with Crippen molar-refractivity contribution in [2.24, 2.45) is 0 Å². The Hall–Kier alpha value is -2.52. The summed E-state index contributed by atoms with van der Waals surface area (Å²) in [4.78, 5) is 17.8. The number of furan rings is 1. The van der Waals surface area contributed by atoms with E-state index in [0.717, 1.165) is 10.5 Å². The van der Waals surface area contributed by atoms with Gasteiger partial charge < -0.3 is 14.4 Å². The third kappa shape index (κ3) is 3.06. The molecule has 1 fully saturated rings.